The van der Waals surface area contributed by atoms with E-state index in [4.69, 9.17) is 39.5 Å². The molecule has 2 rings (SSSR count). The Bertz CT molecular complexity index is 791. The Morgan fingerprint density at radius 2 is 1.62 bits per heavy atom. The molecule has 0 atom stereocenters. The topological polar surface area (TPSA) is 55.4 Å². The van der Waals surface area contributed by atoms with E-state index in [-0.39, 0.29) is 26.6 Å². The summed E-state index contributed by atoms with van der Waals surface area (Å²) < 4.78 is 5.19. The van der Waals surface area contributed by atoms with Gasteiger partial charge < -0.3 is 10.1 Å². The van der Waals surface area contributed by atoms with Crippen LogP contribution in [0.25, 0.3) is 0 Å². The predicted octanol–water partition coefficient (Wildman–Crippen LogP) is 6.25. The average molecular weight is 415 g/mol. The van der Waals surface area contributed by atoms with E-state index in [0.717, 1.165) is 19.3 Å². The van der Waals surface area contributed by atoms with Gasteiger partial charge in [-0.25, -0.2) is 4.79 Å². The molecule has 0 aliphatic rings. The van der Waals surface area contributed by atoms with Crippen molar-refractivity contribution in [1.29, 1.82) is 0 Å². The van der Waals surface area contributed by atoms with Crippen molar-refractivity contribution in [1.82, 2.24) is 0 Å². The second kappa shape index (κ2) is 9.81. The van der Waals surface area contributed by atoms with Gasteiger partial charge in [-0.15, -0.1) is 0 Å². The molecule has 0 saturated heterocycles. The number of carbonyl (C=O) groups is 2. The summed E-state index contributed by atoms with van der Waals surface area (Å²) in [5, 5.41) is 3.20. The lowest BCUT2D eigenvalue weighted by Gasteiger charge is -2.10. The zero-order chi connectivity index (χ0) is 19.1. The minimum absolute atomic E-state index is 0.0870. The van der Waals surface area contributed by atoms with Crippen molar-refractivity contribution in [2.24, 2.45) is 0 Å². The number of carbonyl (C=O) groups excluding carboxylic acids is 2. The van der Waals surface area contributed by atoms with Crippen LogP contribution in [0, 0.1) is 0 Å². The summed E-state index contributed by atoms with van der Waals surface area (Å²) in [5.74, 6) is -0.877. The van der Waals surface area contributed by atoms with E-state index in [1.165, 1.54) is 12.1 Å². The standard InChI is InChI=1S/C19H18Cl3NO3/c1-2-3-4-11-26-19(25)12-5-7-13(8-6-12)23-18(24)16-14(20)9-10-15(21)17(16)22/h5-10H,2-4,11H2,1H3,(H,23,24). The zero-order valence-electron chi connectivity index (χ0n) is 14.2. The van der Waals surface area contributed by atoms with E-state index in [1.54, 1.807) is 24.3 Å². The van der Waals surface area contributed by atoms with Crippen LogP contribution in [0.1, 0.15) is 46.9 Å². The Balaban J connectivity index is 2.02. The van der Waals surface area contributed by atoms with Gasteiger partial charge in [0.05, 0.1) is 32.8 Å². The smallest absolute Gasteiger partial charge is 0.338 e. The van der Waals surface area contributed by atoms with Gasteiger partial charge in [0, 0.05) is 5.69 Å². The molecule has 2 aromatic rings. The molecule has 0 bridgehead atoms. The first kappa shape index (κ1) is 20.6. The maximum Gasteiger partial charge on any atom is 0.338 e. The Morgan fingerprint density at radius 1 is 0.962 bits per heavy atom. The Morgan fingerprint density at radius 3 is 2.27 bits per heavy atom. The summed E-state index contributed by atoms with van der Waals surface area (Å²) >= 11 is 18.0. The second-order valence-electron chi connectivity index (χ2n) is 5.59. The summed E-state index contributed by atoms with van der Waals surface area (Å²) in [6.45, 7) is 2.48. The number of nitrogens with one attached hydrogen (secondary N) is 1. The fourth-order valence-corrected chi connectivity index (χ4v) is 2.92. The lowest BCUT2D eigenvalue weighted by Crippen LogP contribution is -2.13. The van der Waals surface area contributed by atoms with E-state index in [2.05, 4.69) is 12.2 Å². The second-order valence-corrected chi connectivity index (χ2v) is 6.79. The number of amides is 1. The number of esters is 1. The third kappa shape index (κ3) is 5.37. The molecule has 1 N–H and O–H groups in total. The largest absolute Gasteiger partial charge is 0.462 e. The van der Waals surface area contributed by atoms with Gasteiger partial charge in [-0.05, 0) is 42.8 Å². The molecule has 0 aliphatic heterocycles. The van der Waals surface area contributed by atoms with Crippen molar-refractivity contribution in [3.8, 4) is 0 Å². The van der Waals surface area contributed by atoms with Gasteiger partial charge in [0.1, 0.15) is 0 Å². The van der Waals surface area contributed by atoms with Crippen LogP contribution in [0.15, 0.2) is 36.4 Å². The summed E-state index contributed by atoms with van der Waals surface area (Å²) in [6.07, 6.45) is 2.93. The fraction of sp³-hybridized carbons (Fsp3) is 0.263. The normalized spacial score (nSPS) is 10.5. The van der Waals surface area contributed by atoms with E-state index in [0.29, 0.717) is 17.9 Å². The summed E-state index contributed by atoms with van der Waals surface area (Å²) in [6, 6.07) is 9.39. The fourth-order valence-electron chi connectivity index (χ4n) is 2.22. The highest BCUT2D eigenvalue weighted by atomic mass is 35.5. The van der Waals surface area contributed by atoms with E-state index < -0.39 is 5.91 Å². The van der Waals surface area contributed by atoms with Crippen molar-refractivity contribution in [2.75, 3.05) is 11.9 Å². The highest BCUT2D eigenvalue weighted by Gasteiger charge is 2.17. The number of halogens is 3. The van der Waals surface area contributed by atoms with Gasteiger partial charge in [0.2, 0.25) is 0 Å². The van der Waals surface area contributed by atoms with Gasteiger partial charge in [-0.1, -0.05) is 54.6 Å². The van der Waals surface area contributed by atoms with Crippen molar-refractivity contribution < 1.29 is 14.3 Å². The quantitative estimate of drug-likeness (QED) is 0.331. The van der Waals surface area contributed by atoms with Crippen LogP contribution in [0.2, 0.25) is 15.1 Å². The number of ether oxygens (including phenoxy) is 1. The first-order chi connectivity index (χ1) is 12.4. The van der Waals surface area contributed by atoms with Gasteiger partial charge in [0.25, 0.3) is 5.91 Å². The van der Waals surface area contributed by atoms with Crippen molar-refractivity contribution in [3.05, 3.63) is 62.6 Å². The molecule has 0 radical (unpaired) electrons. The van der Waals surface area contributed by atoms with Crippen molar-refractivity contribution >= 4 is 52.4 Å². The van der Waals surface area contributed by atoms with Crippen LogP contribution in [0.3, 0.4) is 0 Å². The molecule has 0 aromatic heterocycles. The molecular weight excluding hydrogens is 397 g/mol. The summed E-state index contributed by atoms with van der Waals surface area (Å²) in [7, 11) is 0. The van der Waals surface area contributed by atoms with Crippen LogP contribution >= 0.6 is 34.8 Å². The lowest BCUT2D eigenvalue weighted by molar-refractivity contribution is 0.0498. The molecule has 1 amide bonds. The number of benzene rings is 2. The molecule has 0 saturated carbocycles. The van der Waals surface area contributed by atoms with Gasteiger partial charge in [-0.3, -0.25) is 4.79 Å². The first-order valence-electron chi connectivity index (χ1n) is 8.16. The molecule has 138 valence electrons. The molecule has 0 aliphatic carbocycles. The van der Waals surface area contributed by atoms with Gasteiger partial charge in [-0.2, -0.15) is 0 Å². The third-order valence-electron chi connectivity index (χ3n) is 3.63. The van der Waals surface area contributed by atoms with E-state index in [9.17, 15) is 9.59 Å². The van der Waals surface area contributed by atoms with Crippen LogP contribution in [0.4, 0.5) is 5.69 Å². The molecule has 2 aromatic carbocycles. The number of anilines is 1. The maximum atomic E-state index is 12.4. The van der Waals surface area contributed by atoms with Crippen LogP contribution < -0.4 is 5.32 Å². The summed E-state index contributed by atoms with van der Waals surface area (Å²) in [5.41, 5.74) is 1.00. The zero-order valence-corrected chi connectivity index (χ0v) is 16.4. The minimum Gasteiger partial charge on any atom is -0.462 e. The molecular formula is C19H18Cl3NO3. The molecule has 0 heterocycles. The highest BCUT2D eigenvalue weighted by molar-refractivity contribution is 6.46. The van der Waals surface area contributed by atoms with Gasteiger partial charge in [0.15, 0.2) is 0 Å². The maximum absolute atomic E-state index is 12.4. The minimum atomic E-state index is -0.489. The number of hydrogen-bond acceptors (Lipinski definition) is 3. The van der Waals surface area contributed by atoms with Crippen molar-refractivity contribution in [2.45, 2.75) is 26.2 Å². The van der Waals surface area contributed by atoms with Crippen LogP contribution in [0.5, 0.6) is 0 Å². The Labute approximate surface area is 167 Å². The molecule has 26 heavy (non-hydrogen) atoms. The lowest BCUT2D eigenvalue weighted by atomic mass is 10.1. The molecule has 0 spiro atoms. The average Bonchev–Trinajstić information content (AvgIpc) is 2.62. The van der Waals surface area contributed by atoms with Gasteiger partial charge >= 0.3 is 5.97 Å². The van der Waals surface area contributed by atoms with Crippen LogP contribution in [-0.4, -0.2) is 18.5 Å². The van der Waals surface area contributed by atoms with Crippen molar-refractivity contribution in [3.63, 3.8) is 0 Å². The van der Waals surface area contributed by atoms with Crippen LogP contribution in [-0.2, 0) is 4.74 Å². The van der Waals surface area contributed by atoms with E-state index in [1.807, 2.05) is 0 Å². The summed E-state index contributed by atoms with van der Waals surface area (Å²) in [4.78, 5) is 24.3. The number of rotatable bonds is 7. The molecule has 0 fully saturated rings. The Kier molecular flexibility index (Phi) is 7.76. The molecule has 0 unspecified atom stereocenters. The first-order valence-corrected chi connectivity index (χ1v) is 9.29. The number of hydrogen-bond donors (Lipinski definition) is 1. The predicted molar refractivity (Wildman–Crippen MR) is 106 cm³/mol. The Hall–Kier alpha value is -1.75. The third-order valence-corrected chi connectivity index (χ3v) is 4.75. The number of unbranched alkanes of at least 4 members (excludes halogenated alkanes) is 2. The monoisotopic (exact) mass is 413 g/mol. The highest BCUT2D eigenvalue weighted by Crippen LogP contribution is 2.32. The molecule has 4 nitrogen and oxygen atoms in total. The van der Waals surface area contributed by atoms with E-state index >= 15 is 0 Å². The SMILES string of the molecule is CCCCCOC(=O)c1ccc(NC(=O)c2c(Cl)ccc(Cl)c2Cl)cc1. The molecule has 7 heteroatoms.